The minimum Gasteiger partial charge on any atom is -0.313 e. The summed E-state index contributed by atoms with van der Waals surface area (Å²) in [6.45, 7) is 3.69. The zero-order chi connectivity index (χ0) is 13.9. The van der Waals surface area contributed by atoms with Crippen molar-refractivity contribution in [1.82, 2.24) is 20.1 Å². The highest BCUT2D eigenvalue weighted by molar-refractivity contribution is 6.31. The molecule has 0 atom stereocenters. The van der Waals surface area contributed by atoms with Crippen molar-refractivity contribution in [3.05, 3.63) is 53.3 Å². The first-order valence-corrected chi connectivity index (χ1v) is 6.95. The van der Waals surface area contributed by atoms with Crippen LogP contribution in [-0.4, -0.2) is 21.3 Å². The maximum absolute atomic E-state index is 6.18. The minimum absolute atomic E-state index is 0.672. The topological polar surface area (TPSA) is 42.7 Å². The van der Waals surface area contributed by atoms with E-state index in [1.807, 2.05) is 41.2 Å². The number of halogens is 1. The highest BCUT2D eigenvalue weighted by Gasteiger charge is 2.08. The summed E-state index contributed by atoms with van der Waals surface area (Å²) in [5.41, 5.74) is 2.06. The summed E-state index contributed by atoms with van der Waals surface area (Å²) >= 11 is 6.18. The Balaban J connectivity index is 2.05. The fourth-order valence-corrected chi connectivity index (χ4v) is 2.30. The number of benzene rings is 1. The van der Waals surface area contributed by atoms with Crippen molar-refractivity contribution in [2.75, 3.05) is 6.54 Å². The largest absolute Gasteiger partial charge is 0.313 e. The Bertz CT molecular complexity index is 736. The van der Waals surface area contributed by atoms with Crippen molar-refractivity contribution in [3.63, 3.8) is 0 Å². The van der Waals surface area contributed by atoms with Gasteiger partial charge in [0.05, 0.1) is 16.7 Å². The van der Waals surface area contributed by atoms with E-state index in [9.17, 15) is 0 Å². The van der Waals surface area contributed by atoms with Crippen LogP contribution in [0.4, 0.5) is 0 Å². The molecule has 102 valence electrons. The molecule has 0 radical (unpaired) electrons. The van der Waals surface area contributed by atoms with E-state index in [4.69, 9.17) is 11.6 Å². The molecule has 1 N–H and O–H groups in total. The maximum Gasteiger partial charge on any atom is 0.154 e. The Morgan fingerprint density at radius 1 is 1.25 bits per heavy atom. The number of nitrogens with one attached hydrogen (secondary N) is 1. The van der Waals surface area contributed by atoms with Crippen molar-refractivity contribution in [3.8, 4) is 5.82 Å². The third-order valence-corrected chi connectivity index (χ3v) is 3.52. The van der Waals surface area contributed by atoms with E-state index in [0.29, 0.717) is 5.02 Å². The van der Waals surface area contributed by atoms with Crippen LogP contribution in [0, 0.1) is 0 Å². The van der Waals surface area contributed by atoms with Gasteiger partial charge in [-0.05, 0) is 24.2 Å². The van der Waals surface area contributed by atoms with E-state index in [1.165, 1.54) is 0 Å². The third kappa shape index (κ3) is 2.40. The van der Waals surface area contributed by atoms with Crippen LogP contribution in [0.25, 0.3) is 16.7 Å². The van der Waals surface area contributed by atoms with Crippen LogP contribution in [0.3, 0.4) is 0 Å². The lowest BCUT2D eigenvalue weighted by Crippen LogP contribution is -2.13. The standard InChI is InChI=1S/C15H15ClN4/c1-2-17-8-12-7-15(18-10-13(12)16)20-14-6-4-3-5-11(14)9-19-20/h3-7,9-10,17H,2,8H2,1H3. The molecule has 0 aliphatic rings. The van der Waals surface area contributed by atoms with Crippen molar-refractivity contribution in [2.24, 2.45) is 0 Å². The van der Waals surface area contributed by atoms with Gasteiger partial charge in [-0.3, -0.25) is 0 Å². The maximum atomic E-state index is 6.18. The number of para-hydroxylation sites is 1. The average Bonchev–Trinajstić information content (AvgIpc) is 2.90. The van der Waals surface area contributed by atoms with Gasteiger partial charge in [0.1, 0.15) is 0 Å². The van der Waals surface area contributed by atoms with Gasteiger partial charge < -0.3 is 5.32 Å². The second-order valence-corrected chi connectivity index (χ2v) is 4.94. The van der Waals surface area contributed by atoms with Gasteiger partial charge in [0.15, 0.2) is 5.82 Å². The molecule has 2 aromatic heterocycles. The molecule has 0 bridgehead atoms. The summed E-state index contributed by atoms with van der Waals surface area (Å²) in [5, 5.41) is 9.45. The van der Waals surface area contributed by atoms with E-state index in [0.717, 1.165) is 35.4 Å². The fraction of sp³-hybridized carbons (Fsp3) is 0.200. The van der Waals surface area contributed by atoms with Crippen LogP contribution < -0.4 is 5.32 Å². The quantitative estimate of drug-likeness (QED) is 0.801. The van der Waals surface area contributed by atoms with Crippen molar-refractivity contribution in [2.45, 2.75) is 13.5 Å². The van der Waals surface area contributed by atoms with E-state index in [-0.39, 0.29) is 0 Å². The van der Waals surface area contributed by atoms with Gasteiger partial charge in [-0.15, -0.1) is 0 Å². The van der Waals surface area contributed by atoms with Crippen LogP contribution in [-0.2, 0) is 6.54 Å². The molecule has 0 aliphatic heterocycles. The smallest absolute Gasteiger partial charge is 0.154 e. The predicted molar refractivity (Wildman–Crippen MR) is 81.3 cm³/mol. The molecule has 3 aromatic rings. The van der Waals surface area contributed by atoms with Gasteiger partial charge in [-0.1, -0.05) is 36.7 Å². The Hall–Kier alpha value is -1.91. The van der Waals surface area contributed by atoms with Gasteiger partial charge in [0.2, 0.25) is 0 Å². The van der Waals surface area contributed by atoms with Crippen LogP contribution in [0.2, 0.25) is 5.02 Å². The molecule has 0 unspecified atom stereocenters. The van der Waals surface area contributed by atoms with Gasteiger partial charge in [0.25, 0.3) is 0 Å². The molecular formula is C15H15ClN4. The molecule has 0 amide bonds. The van der Waals surface area contributed by atoms with Crippen LogP contribution in [0.15, 0.2) is 42.7 Å². The van der Waals surface area contributed by atoms with Gasteiger partial charge >= 0.3 is 0 Å². The number of fused-ring (bicyclic) bond motifs is 1. The SMILES string of the molecule is CCNCc1cc(-n2ncc3ccccc32)ncc1Cl. The first-order chi connectivity index (χ1) is 9.79. The van der Waals surface area contributed by atoms with E-state index in [2.05, 4.69) is 22.3 Å². The van der Waals surface area contributed by atoms with Crippen LogP contribution >= 0.6 is 11.6 Å². The summed E-state index contributed by atoms with van der Waals surface area (Å²) in [4.78, 5) is 4.38. The normalized spacial score (nSPS) is 11.1. The third-order valence-electron chi connectivity index (χ3n) is 3.18. The lowest BCUT2D eigenvalue weighted by atomic mass is 10.2. The highest BCUT2D eigenvalue weighted by Crippen LogP contribution is 2.20. The van der Waals surface area contributed by atoms with Crippen molar-refractivity contribution >= 4 is 22.5 Å². The number of aromatic nitrogens is 3. The molecule has 2 heterocycles. The molecule has 1 aromatic carbocycles. The molecule has 0 saturated carbocycles. The van der Waals surface area contributed by atoms with Crippen LogP contribution in [0.5, 0.6) is 0 Å². The first kappa shape index (κ1) is 13.1. The number of nitrogens with zero attached hydrogens (tertiary/aromatic N) is 3. The summed E-state index contributed by atoms with van der Waals surface area (Å²) in [7, 11) is 0. The second kappa shape index (κ2) is 5.61. The zero-order valence-corrected chi connectivity index (χ0v) is 11.9. The number of pyridine rings is 1. The molecule has 0 aliphatic carbocycles. The summed E-state index contributed by atoms with van der Waals surface area (Å²) in [6.07, 6.45) is 3.52. The first-order valence-electron chi connectivity index (χ1n) is 6.58. The number of rotatable bonds is 4. The molecule has 0 spiro atoms. The molecule has 5 heteroatoms. The Kier molecular flexibility index (Phi) is 3.67. The zero-order valence-electron chi connectivity index (χ0n) is 11.2. The molecule has 20 heavy (non-hydrogen) atoms. The minimum atomic E-state index is 0.672. The molecule has 0 fully saturated rings. The average molecular weight is 287 g/mol. The van der Waals surface area contributed by atoms with Gasteiger partial charge in [-0.2, -0.15) is 5.10 Å². The van der Waals surface area contributed by atoms with Gasteiger partial charge in [0, 0.05) is 18.1 Å². The predicted octanol–water partition coefficient (Wildman–Crippen LogP) is 3.18. The lowest BCUT2D eigenvalue weighted by Gasteiger charge is -2.08. The lowest BCUT2D eigenvalue weighted by molar-refractivity contribution is 0.724. The van der Waals surface area contributed by atoms with E-state index in [1.54, 1.807) is 6.20 Å². The molecular weight excluding hydrogens is 272 g/mol. The summed E-state index contributed by atoms with van der Waals surface area (Å²) in [6, 6.07) is 10.0. The van der Waals surface area contributed by atoms with Crippen molar-refractivity contribution in [1.29, 1.82) is 0 Å². The fourth-order valence-electron chi connectivity index (χ4n) is 2.13. The van der Waals surface area contributed by atoms with Crippen molar-refractivity contribution < 1.29 is 0 Å². The molecule has 0 saturated heterocycles. The number of hydrogen-bond donors (Lipinski definition) is 1. The van der Waals surface area contributed by atoms with Crippen LogP contribution in [0.1, 0.15) is 12.5 Å². The molecule has 4 nitrogen and oxygen atoms in total. The summed E-state index contributed by atoms with van der Waals surface area (Å²) in [5.74, 6) is 0.781. The Morgan fingerprint density at radius 2 is 2.10 bits per heavy atom. The Morgan fingerprint density at radius 3 is 2.95 bits per heavy atom. The number of hydrogen-bond acceptors (Lipinski definition) is 3. The van der Waals surface area contributed by atoms with E-state index < -0.39 is 0 Å². The van der Waals surface area contributed by atoms with E-state index >= 15 is 0 Å². The second-order valence-electron chi connectivity index (χ2n) is 4.53. The summed E-state index contributed by atoms with van der Waals surface area (Å²) < 4.78 is 1.83. The highest BCUT2D eigenvalue weighted by atomic mass is 35.5. The molecule has 3 rings (SSSR count). The van der Waals surface area contributed by atoms with Gasteiger partial charge in [-0.25, -0.2) is 9.67 Å². The monoisotopic (exact) mass is 286 g/mol. The Labute approximate surface area is 122 Å².